The number of nitro groups is 2. The summed E-state index contributed by atoms with van der Waals surface area (Å²) in [7, 11) is 0. The second kappa shape index (κ2) is 7.97. The zero-order chi connectivity index (χ0) is 19.3. The first-order valence-corrected chi connectivity index (χ1v) is 7.65. The standard InChI is InChI=1S/C17H16N4O5/c1-11(2)13-5-3-12(4-6-13)10-18-19-17(22)14-7-15(20(23)24)9-16(8-14)21(25)26/h3-11H,1-2H3,(H,19,22)/b18-10-. The van der Waals surface area contributed by atoms with E-state index >= 15 is 0 Å². The number of amides is 1. The van der Waals surface area contributed by atoms with Gasteiger partial charge in [-0.25, -0.2) is 5.43 Å². The maximum absolute atomic E-state index is 12.1. The van der Waals surface area contributed by atoms with Gasteiger partial charge in [-0.1, -0.05) is 38.1 Å². The normalized spacial score (nSPS) is 10.9. The van der Waals surface area contributed by atoms with Crippen LogP contribution in [0.15, 0.2) is 47.6 Å². The molecule has 2 aromatic carbocycles. The van der Waals surface area contributed by atoms with Crippen LogP contribution in [0.5, 0.6) is 0 Å². The topological polar surface area (TPSA) is 128 Å². The van der Waals surface area contributed by atoms with Crippen LogP contribution in [0.4, 0.5) is 11.4 Å². The van der Waals surface area contributed by atoms with E-state index in [0.717, 1.165) is 29.3 Å². The van der Waals surface area contributed by atoms with Gasteiger partial charge in [0.25, 0.3) is 17.3 Å². The summed E-state index contributed by atoms with van der Waals surface area (Å²) < 4.78 is 0. The molecule has 0 aliphatic carbocycles. The number of rotatable bonds is 6. The van der Waals surface area contributed by atoms with E-state index in [2.05, 4.69) is 24.4 Å². The van der Waals surface area contributed by atoms with Gasteiger partial charge in [-0.2, -0.15) is 5.10 Å². The van der Waals surface area contributed by atoms with Crippen molar-refractivity contribution in [3.8, 4) is 0 Å². The van der Waals surface area contributed by atoms with Crippen molar-refractivity contribution in [2.45, 2.75) is 19.8 Å². The summed E-state index contributed by atoms with van der Waals surface area (Å²) in [5.41, 5.74) is 2.80. The van der Waals surface area contributed by atoms with Crippen LogP contribution in [0.3, 0.4) is 0 Å². The Hall–Kier alpha value is -3.62. The SMILES string of the molecule is CC(C)c1ccc(/C=N\NC(=O)c2cc([N+](=O)[O-])cc([N+](=O)[O-])c2)cc1. The van der Waals surface area contributed by atoms with Crippen LogP contribution in [0, 0.1) is 20.2 Å². The van der Waals surface area contributed by atoms with E-state index in [9.17, 15) is 25.0 Å². The van der Waals surface area contributed by atoms with Crippen molar-refractivity contribution in [2.75, 3.05) is 0 Å². The average molecular weight is 356 g/mol. The smallest absolute Gasteiger partial charge is 0.267 e. The molecule has 1 N–H and O–H groups in total. The van der Waals surface area contributed by atoms with Crippen molar-refractivity contribution in [1.29, 1.82) is 0 Å². The maximum atomic E-state index is 12.1. The van der Waals surface area contributed by atoms with Crippen molar-refractivity contribution in [1.82, 2.24) is 5.43 Å². The van der Waals surface area contributed by atoms with Crippen LogP contribution in [0.2, 0.25) is 0 Å². The molecule has 2 aromatic rings. The van der Waals surface area contributed by atoms with Gasteiger partial charge in [0.2, 0.25) is 0 Å². The van der Waals surface area contributed by atoms with Gasteiger partial charge >= 0.3 is 0 Å². The van der Waals surface area contributed by atoms with Crippen LogP contribution < -0.4 is 5.43 Å². The molecular formula is C17H16N4O5. The van der Waals surface area contributed by atoms with E-state index in [4.69, 9.17) is 0 Å². The minimum atomic E-state index is -0.802. The molecular weight excluding hydrogens is 340 g/mol. The van der Waals surface area contributed by atoms with Gasteiger partial charge < -0.3 is 0 Å². The van der Waals surface area contributed by atoms with Gasteiger partial charge in [0.1, 0.15) is 0 Å². The third-order valence-electron chi connectivity index (χ3n) is 3.57. The summed E-state index contributed by atoms with van der Waals surface area (Å²) in [6.45, 7) is 4.14. The Kier molecular flexibility index (Phi) is 5.74. The average Bonchev–Trinajstić information content (AvgIpc) is 2.61. The van der Waals surface area contributed by atoms with E-state index in [1.807, 2.05) is 24.3 Å². The van der Waals surface area contributed by atoms with Gasteiger partial charge in [0.05, 0.1) is 27.7 Å². The summed E-state index contributed by atoms with van der Waals surface area (Å²) in [4.78, 5) is 32.1. The lowest BCUT2D eigenvalue weighted by atomic mass is 10.0. The first kappa shape index (κ1) is 18.7. The Morgan fingerprint density at radius 3 is 2.04 bits per heavy atom. The molecule has 0 bridgehead atoms. The molecule has 0 saturated carbocycles. The summed E-state index contributed by atoms with van der Waals surface area (Å²) >= 11 is 0. The number of non-ortho nitro benzene ring substituents is 2. The van der Waals surface area contributed by atoms with E-state index in [1.54, 1.807) is 0 Å². The Bertz CT molecular complexity index is 843. The van der Waals surface area contributed by atoms with Crippen molar-refractivity contribution >= 4 is 23.5 Å². The Balaban J connectivity index is 2.14. The molecule has 0 spiro atoms. The molecule has 0 aliphatic heterocycles. The van der Waals surface area contributed by atoms with Gasteiger partial charge in [-0.15, -0.1) is 0 Å². The van der Waals surface area contributed by atoms with Gasteiger partial charge in [0, 0.05) is 12.1 Å². The molecule has 2 rings (SSSR count). The molecule has 0 radical (unpaired) electrons. The quantitative estimate of drug-likeness (QED) is 0.482. The van der Waals surface area contributed by atoms with Crippen LogP contribution in [0.25, 0.3) is 0 Å². The highest BCUT2D eigenvalue weighted by Crippen LogP contribution is 2.22. The second-order valence-electron chi connectivity index (χ2n) is 5.77. The third kappa shape index (κ3) is 4.69. The summed E-state index contributed by atoms with van der Waals surface area (Å²) in [5, 5.41) is 25.5. The first-order valence-electron chi connectivity index (χ1n) is 7.65. The Labute approximate surface area is 148 Å². The highest BCUT2D eigenvalue weighted by atomic mass is 16.6. The van der Waals surface area contributed by atoms with Crippen molar-refractivity contribution in [3.05, 3.63) is 79.4 Å². The van der Waals surface area contributed by atoms with E-state index in [1.165, 1.54) is 6.21 Å². The van der Waals surface area contributed by atoms with Crippen LogP contribution in [-0.4, -0.2) is 22.0 Å². The third-order valence-corrected chi connectivity index (χ3v) is 3.57. The number of hydrogen-bond donors (Lipinski definition) is 1. The predicted octanol–water partition coefficient (Wildman–Crippen LogP) is 3.39. The number of nitro benzene ring substituents is 2. The number of carbonyl (C=O) groups is 1. The lowest BCUT2D eigenvalue weighted by Crippen LogP contribution is -2.18. The summed E-state index contributed by atoms with van der Waals surface area (Å²) in [5.74, 6) is -0.391. The van der Waals surface area contributed by atoms with Crippen LogP contribution in [0.1, 0.15) is 41.3 Å². The van der Waals surface area contributed by atoms with E-state index in [-0.39, 0.29) is 5.56 Å². The molecule has 0 heterocycles. The second-order valence-corrected chi connectivity index (χ2v) is 5.77. The lowest BCUT2D eigenvalue weighted by molar-refractivity contribution is -0.394. The molecule has 0 aromatic heterocycles. The first-order chi connectivity index (χ1) is 12.3. The lowest BCUT2D eigenvalue weighted by Gasteiger charge is -2.04. The Morgan fingerprint density at radius 1 is 1.04 bits per heavy atom. The van der Waals surface area contributed by atoms with Gasteiger partial charge in [0.15, 0.2) is 0 Å². The van der Waals surface area contributed by atoms with E-state index in [0.29, 0.717) is 5.92 Å². The number of carbonyl (C=O) groups excluding carboxylic acids is 1. The molecule has 0 unspecified atom stereocenters. The molecule has 26 heavy (non-hydrogen) atoms. The highest BCUT2D eigenvalue weighted by molar-refractivity contribution is 5.96. The monoisotopic (exact) mass is 356 g/mol. The van der Waals surface area contributed by atoms with Crippen LogP contribution in [-0.2, 0) is 0 Å². The molecule has 1 amide bonds. The minimum Gasteiger partial charge on any atom is -0.267 e. The van der Waals surface area contributed by atoms with Gasteiger partial charge in [-0.05, 0) is 17.0 Å². The molecule has 9 heteroatoms. The molecule has 0 fully saturated rings. The number of hydrogen-bond acceptors (Lipinski definition) is 6. The van der Waals surface area contributed by atoms with Crippen molar-refractivity contribution in [2.24, 2.45) is 5.10 Å². The largest absolute Gasteiger partial charge is 0.277 e. The molecule has 9 nitrogen and oxygen atoms in total. The molecule has 134 valence electrons. The van der Waals surface area contributed by atoms with Gasteiger partial charge in [-0.3, -0.25) is 25.0 Å². The minimum absolute atomic E-state index is 0.224. The fraction of sp³-hybridized carbons (Fsp3) is 0.176. The maximum Gasteiger partial charge on any atom is 0.277 e. The molecule has 0 aliphatic rings. The summed E-state index contributed by atoms with van der Waals surface area (Å²) in [6.07, 6.45) is 1.41. The summed E-state index contributed by atoms with van der Waals surface area (Å²) in [6, 6.07) is 10.3. The fourth-order valence-electron chi connectivity index (χ4n) is 2.13. The van der Waals surface area contributed by atoms with E-state index < -0.39 is 27.1 Å². The van der Waals surface area contributed by atoms with Crippen molar-refractivity contribution in [3.63, 3.8) is 0 Å². The number of nitrogens with zero attached hydrogens (tertiary/aromatic N) is 3. The Morgan fingerprint density at radius 2 is 1.58 bits per heavy atom. The van der Waals surface area contributed by atoms with Crippen LogP contribution >= 0.6 is 0 Å². The fourth-order valence-corrected chi connectivity index (χ4v) is 2.13. The number of hydrazone groups is 1. The number of nitrogens with one attached hydrogen (secondary N) is 1. The highest BCUT2D eigenvalue weighted by Gasteiger charge is 2.19. The molecule has 0 atom stereocenters. The van der Waals surface area contributed by atoms with Crippen molar-refractivity contribution < 1.29 is 14.6 Å². The zero-order valence-electron chi connectivity index (χ0n) is 14.1. The zero-order valence-corrected chi connectivity index (χ0v) is 14.1. The predicted molar refractivity (Wildman–Crippen MR) is 95.3 cm³/mol. The molecule has 0 saturated heterocycles. The number of benzene rings is 2.